The van der Waals surface area contributed by atoms with Crippen LogP contribution in [0.3, 0.4) is 0 Å². The van der Waals surface area contributed by atoms with Crippen molar-refractivity contribution in [1.82, 2.24) is 10.2 Å². The van der Waals surface area contributed by atoms with Crippen LogP contribution in [0.2, 0.25) is 5.02 Å². The highest BCUT2D eigenvalue weighted by Crippen LogP contribution is 2.22. The van der Waals surface area contributed by atoms with Crippen LogP contribution in [0, 0.1) is 0 Å². The number of nitrogens with one attached hydrogen (secondary N) is 1. The van der Waals surface area contributed by atoms with Crippen LogP contribution < -0.4 is 14.4 Å². The number of nitrogens with zero attached hydrogens (tertiary/aromatic N) is 2. The van der Waals surface area contributed by atoms with E-state index in [0.29, 0.717) is 29.6 Å². The van der Waals surface area contributed by atoms with Gasteiger partial charge in [-0.1, -0.05) is 37.1 Å². The summed E-state index contributed by atoms with van der Waals surface area (Å²) in [6.45, 7) is 6.16. The van der Waals surface area contributed by atoms with Crippen LogP contribution in [0.15, 0.2) is 48.5 Å². The van der Waals surface area contributed by atoms with E-state index >= 15 is 0 Å². The first-order chi connectivity index (χ1) is 16.6. The molecule has 0 aromatic heterocycles. The zero-order valence-corrected chi connectivity index (χ0v) is 22.2. The Kier molecular flexibility index (Phi) is 10.9. The number of carbonyl (C=O) groups excluding carboxylic acids is 2. The van der Waals surface area contributed by atoms with E-state index < -0.39 is 28.5 Å². The lowest BCUT2D eigenvalue weighted by atomic mass is 10.1. The SMILES string of the molecule is CCCCNC(=O)[C@@H](C)N(Cc1ccc(Cl)cc1)C(=O)CN(c1ccc(OCC)cc1)S(C)(=O)=O. The van der Waals surface area contributed by atoms with Gasteiger partial charge in [-0.25, -0.2) is 8.42 Å². The van der Waals surface area contributed by atoms with Gasteiger partial charge < -0.3 is 15.0 Å². The van der Waals surface area contributed by atoms with Gasteiger partial charge in [-0.15, -0.1) is 0 Å². The Balaban J connectivity index is 2.32. The fraction of sp³-hybridized carbons (Fsp3) is 0.440. The number of amides is 2. The van der Waals surface area contributed by atoms with E-state index in [1.807, 2.05) is 13.8 Å². The van der Waals surface area contributed by atoms with Gasteiger partial charge in [0.1, 0.15) is 18.3 Å². The minimum atomic E-state index is -3.79. The Labute approximate surface area is 213 Å². The van der Waals surface area contributed by atoms with Crippen molar-refractivity contribution in [3.05, 3.63) is 59.1 Å². The van der Waals surface area contributed by atoms with Crippen molar-refractivity contribution in [3.8, 4) is 5.75 Å². The second-order valence-electron chi connectivity index (χ2n) is 8.17. The topological polar surface area (TPSA) is 96.0 Å². The summed E-state index contributed by atoms with van der Waals surface area (Å²) in [6.07, 6.45) is 2.79. The van der Waals surface area contributed by atoms with Crippen LogP contribution in [0.1, 0.15) is 39.2 Å². The number of anilines is 1. The zero-order chi connectivity index (χ0) is 26.0. The fourth-order valence-electron chi connectivity index (χ4n) is 3.39. The molecular formula is C25H34ClN3O5S. The van der Waals surface area contributed by atoms with E-state index in [1.165, 1.54) is 4.90 Å². The highest BCUT2D eigenvalue weighted by Gasteiger charge is 2.30. The van der Waals surface area contributed by atoms with Gasteiger partial charge in [-0.05, 0) is 62.2 Å². The summed E-state index contributed by atoms with van der Waals surface area (Å²) in [6, 6.07) is 12.6. The second-order valence-corrected chi connectivity index (χ2v) is 10.5. The molecule has 1 atom stereocenters. The Morgan fingerprint density at radius 2 is 1.69 bits per heavy atom. The average molecular weight is 524 g/mol. The molecule has 0 bridgehead atoms. The van der Waals surface area contributed by atoms with Crippen LogP contribution >= 0.6 is 11.6 Å². The predicted molar refractivity (Wildman–Crippen MR) is 139 cm³/mol. The van der Waals surface area contributed by atoms with Crippen LogP contribution in [-0.2, 0) is 26.2 Å². The molecule has 8 nitrogen and oxygen atoms in total. The number of halogens is 1. The van der Waals surface area contributed by atoms with Crippen LogP contribution in [0.5, 0.6) is 5.75 Å². The predicted octanol–water partition coefficient (Wildman–Crippen LogP) is 3.84. The van der Waals surface area contributed by atoms with Crippen molar-refractivity contribution >= 4 is 39.1 Å². The lowest BCUT2D eigenvalue weighted by molar-refractivity contribution is -0.139. The first-order valence-electron chi connectivity index (χ1n) is 11.6. The molecule has 0 fully saturated rings. The molecule has 0 aliphatic heterocycles. The number of ether oxygens (including phenoxy) is 1. The van der Waals surface area contributed by atoms with Gasteiger partial charge in [0.05, 0.1) is 18.6 Å². The van der Waals surface area contributed by atoms with Crippen molar-refractivity contribution in [2.24, 2.45) is 0 Å². The molecule has 2 aromatic rings. The number of benzene rings is 2. The van der Waals surface area contributed by atoms with Crippen molar-refractivity contribution in [1.29, 1.82) is 0 Å². The summed E-state index contributed by atoms with van der Waals surface area (Å²) < 4.78 is 31.7. The highest BCUT2D eigenvalue weighted by molar-refractivity contribution is 7.92. The Hall–Kier alpha value is -2.78. The van der Waals surface area contributed by atoms with Crippen molar-refractivity contribution in [3.63, 3.8) is 0 Å². The fourth-order valence-corrected chi connectivity index (χ4v) is 4.37. The van der Waals surface area contributed by atoms with E-state index in [-0.39, 0.29) is 12.5 Å². The van der Waals surface area contributed by atoms with Gasteiger partial charge in [-0.3, -0.25) is 13.9 Å². The van der Waals surface area contributed by atoms with Gasteiger partial charge in [-0.2, -0.15) is 0 Å². The molecule has 0 saturated heterocycles. The molecule has 35 heavy (non-hydrogen) atoms. The number of carbonyl (C=O) groups is 2. The number of hydrogen-bond donors (Lipinski definition) is 1. The monoisotopic (exact) mass is 523 g/mol. The summed E-state index contributed by atoms with van der Waals surface area (Å²) in [4.78, 5) is 27.7. The molecule has 0 aliphatic rings. The molecule has 0 spiro atoms. The van der Waals surface area contributed by atoms with Crippen molar-refractivity contribution in [2.45, 2.75) is 46.2 Å². The van der Waals surface area contributed by atoms with Gasteiger partial charge in [0.2, 0.25) is 21.8 Å². The molecular weight excluding hydrogens is 490 g/mol. The average Bonchev–Trinajstić information content (AvgIpc) is 2.82. The summed E-state index contributed by atoms with van der Waals surface area (Å²) in [5.74, 6) is -0.206. The lowest BCUT2D eigenvalue weighted by Crippen LogP contribution is -2.51. The standard InChI is InChI=1S/C25H34ClN3O5S/c1-5-7-16-27-25(31)19(3)28(17-20-8-10-21(26)11-9-20)24(30)18-29(35(4,32)33)22-12-14-23(15-13-22)34-6-2/h8-15,19H,5-7,16-18H2,1-4H3,(H,27,31)/t19-/m1/s1. The molecule has 0 aliphatic carbocycles. The molecule has 0 saturated carbocycles. The molecule has 10 heteroatoms. The zero-order valence-electron chi connectivity index (χ0n) is 20.7. The molecule has 2 rings (SSSR count). The van der Waals surface area contributed by atoms with E-state index in [2.05, 4.69) is 5.32 Å². The first kappa shape index (κ1) is 28.5. The summed E-state index contributed by atoms with van der Waals surface area (Å²) in [5, 5.41) is 3.40. The third-order valence-electron chi connectivity index (χ3n) is 5.38. The molecule has 192 valence electrons. The van der Waals surface area contributed by atoms with E-state index in [1.54, 1.807) is 55.5 Å². The Bertz CT molecular complexity index is 1080. The summed E-state index contributed by atoms with van der Waals surface area (Å²) in [7, 11) is -3.79. The van der Waals surface area contributed by atoms with Gasteiger partial charge in [0.25, 0.3) is 0 Å². The quantitative estimate of drug-likeness (QED) is 0.402. The maximum absolute atomic E-state index is 13.5. The second kappa shape index (κ2) is 13.3. The largest absolute Gasteiger partial charge is 0.494 e. The summed E-state index contributed by atoms with van der Waals surface area (Å²) >= 11 is 5.99. The maximum atomic E-state index is 13.5. The molecule has 2 amide bonds. The third-order valence-corrected chi connectivity index (χ3v) is 6.77. The highest BCUT2D eigenvalue weighted by atomic mass is 35.5. The van der Waals surface area contributed by atoms with E-state index in [4.69, 9.17) is 16.3 Å². The minimum absolute atomic E-state index is 0.124. The maximum Gasteiger partial charge on any atom is 0.244 e. The Morgan fingerprint density at radius 1 is 1.06 bits per heavy atom. The molecule has 0 heterocycles. The number of hydrogen-bond acceptors (Lipinski definition) is 5. The molecule has 1 N–H and O–H groups in total. The first-order valence-corrected chi connectivity index (χ1v) is 13.8. The molecule has 2 aromatic carbocycles. The van der Waals surface area contributed by atoms with Gasteiger partial charge in [0, 0.05) is 18.1 Å². The van der Waals surface area contributed by atoms with Crippen LogP contribution in [0.25, 0.3) is 0 Å². The van der Waals surface area contributed by atoms with E-state index in [9.17, 15) is 18.0 Å². The molecule has 0 radical (unpaired) electrons. The Morgan fingerprint density at radius 3 is 2.23 bits per heavy atom. The minimum Gasteiger partial charge on any atom is -0.494 e. The van der Waals surface area contributed by atoms with Crippen LogP contribution in [-0.4, -0.2) is 57.1 Å². The lowest BCUT2D eigenvalue weighted by Gasteiger charge is -2.31. The third kappa shape index (κ3) is 8.74. The number of rotatable bonds is 13. The molecule has 0 unspecified atom stereocenters. The van der Waals surface area contributed by atoms with Crippen molar-refractivity contribution in [2.75, 3.05) is 30.3 Å². The smallest absolute Gasteiger partial charge is 0.244 e. The number of sulfonamides is 1. The van der Waals surface area contributed by atoms with E-state index in [0.717, 1.165) is 29.0 Å². The normalized spacial score (nSPS) is 12.0. The van der Waals surface area contributed by atoms with Crippen LogP contribution in [0.4, 0.5) is 5.69 Å². The van der Waals surface area contributed by atoms with Crippen molar-refractivity contribution < 1.29 is 22.7 Å². The van der Waals surface area contributed by atoms with Gasteiger partial charge >= 0.3 is 0 Å². The van der Waals surface area contributed by atoms with Gasteiger partial charge in [0.15, 0.2) is 0 Å². The number of unbranched alkanes of at least 4 members (excludes halogenated alkanes) is 1. The summed E-state index contributed by atoms with van der Waals surface area (Å²) in [5.41, 5.74) is 1.10.